The first-order valence-electron chi connectivity index (χ1n) is 11.8. The standard InChI is InChI=1S/C24H22ClN7O4/c25-17-10-27-23-21(30-17)14(9-26-23)22-29-15(16-6-5-13(36-16)8-28-35)7-18(32-22)31-20-12-3-1-11(2-4-12)19(20)24(33)34/h5-7,9-12,19-20H,1-4,8H2,(H,26,27)(H,33,34)(H,29,31,32)/t11?,12?,19-,20-/m0/s1. The van der Waals surface area contributed by atoms with E-state index in [1.54, 1.807) is 24.4 Å². The fraction of sp³-hybridized carbons (Fsp3) is 0.375. The van der Waals surface area contributed by atoms with Gasteiger partial charge in [0.1, 0.15) is 34.5 Å². The van der Waals surface area contributed by atoms with E-state index in [1.165, 1.54) is 6.20 Å². The number of nitrogens with zero attached hydrogens (tertiary/aromatic N) is 5. The van der Waals surface area contributed by atoms with E-state index in [2.05, 4.69) is 25.4 Å². The Morgan fingerprint density at radius 3 is 2.78 bits per heavy atom. The van der Waals surface area contributed by atoms with Crippen molar-refractivity contribution in [2.45, 2.75) is 38.3 Å². The highest BCUT2D eigenvalue weighted by atomic mass is 35.5. The molecule has 2 bridgehead atoms. The number of rotatable bonds is 7. The number of aliphatic carboxylic acids is 1. The Bertz CT molecular complexity index is 1460. The van der Waals surface area contributed by atoms with E-state index in [0.717, 1.165) is 25.7 Å². The maximum atomic E-state index is 12.2. The van der Waals surface area contributed by atoms with Crippen molar-refractivity contribution in [2.75, 3.05) is 5.32 Å². The average molecular weight is 508 g/mol. The van der Waals surface area contributed by atoms with Crippen molar-refractivity contribution >= 4 is 34.6 Å². The Kier molecular flexibility index (Phi) is 5.63. The quantitative estimate of drug-likeness (QED) is 0.296. The molecule has 12 heteroatoms. The summed E-state index contributed by atoms with van der Waals surface area (Å²) >= 11 is 6.09. The van der Waals surface area contributed by atoms with Crippen LogP contribution in [-0.4, -0.2) is 42.0 Å². The van der Waals surface area contributed by atoms with Crippen LogP contribution in [0.2, 0.25) is 5.15 Å². The van der Waals surface area contributed by atoms with Crippen LogP contribution in [0.3, 0.4) is 0 Å². The second-order valence-electron chi connectivity index (χ2n) is 9.32. The number of furan rings is 1. The summed E-state index contributed by atoms with van der Waals surface area (Å²) in [4.78, 5) is 44.0. The van der Waals surface area contributed by atoms with Crippen molar-refractivity contribution in [3.05, 3.63) is 46.4 Å². The number of halogens is 1. The third kappa shape index (κ3) is 3.98. The minimum atomic E-state index is -0.782. The Hall–Kier alpha value is -3.86. The van der Waals surface area contributed by atoms with Gasteiger partial charge in [0, 0.05) is 18.3 Å². The van der Waals surface area contributed by atoms with Crippen LogP contribution in [-0.2, 0) is 11.3 Å². The largest absolute Gasteiger partial charge is 0.481 e. The van der Waals surface area contributed by atoms with Gasteiger partial charge in [-0.2, -0.15) is 4.91 Å². The smallest absolute Gasteiger partial charge is 0.308 e. The molecule has 0 amide bonds. The minimum absolute atomic E-state index is 0.0922. The molecule has 7 rings (SSSR count). The zero-order valence-electron chi connectivity index (χ0n) is 19.0. The summed E-state index contributed by atoms with van der Waals surface area (Å²) < 4.78 is 5.78. The van der Waals surface area contributed by atoms with Crippen LogP contribution in [0, 0.1) is 22.7 Å². The highest BCUT2D eigenvalue weighted by Gasteiger charge is 2.47. The molecule has 0 spiro atoms. The molecule has 3 saturated carbocycles. The first kappa shape index (κ1) is 22.6. The van der Waals surface area contributed by atoms with Gasteiger partial charge < -0.3 is 19.8 Å². The van der Waals surface area contributed by atoms with Crippen LogP contribution < -0.4 is 5.32 Å². The van der Waals surface area contributed by atoms with Crippen molar-refractivity contribution < 1.29 is 14.3 Å². The lowest BCUT2D eigenvalue weighted by Gasteiger charge is -2.47. The molecule has 4 aromatic heterocycles. The van der Waals surface area contributed by atoms with Gasteiger partial charge >= 0.3 is 5.97 Å². The average Bonchev–Trinajstić information content (AvgIpc) is 3.51. The van der Waals surface area contributed by atoms with E-state index < -0.39 is 11.9 Å². The molecule has 0 radical (unpaired) electrons. The molecule has 2 atom stereocenters. The number of hydrogen-bond donors (Lipinski definition) is 3. The fourth-order valence-corrected chi connectivity index (χ4v) is 5.79. The van der Waals surface area contributed by atoms with Crippen molar-refractivity contribution in [1.29, 1.82) is 0 Å². The maximum absolute atomic E-state index is 12.2. The fourth-order valence-electron chi connectivity index (χ4n) is 5.66. The summed E-state index contributed by atoms with van der Waals surface area (Å²) in [5.41, 5.74) is 2.10. The lowest BCUT2D eigenvalue weighted by Crippen LogP contribution is -2.51. The molecule has 0 saturated heterocycles. The number of H-pyrrole nitrogens is 1. The molecule has 4 heterocycles. The predicted molar refractivity (Wildman–Crippen MR) is 131 cm³/mol. The van der Waals surface area contributed by atoms with E-state index in [9.17, 15) is 14.8 Å². The van der Waals surface area contributed by atoms with Gasteiger partial charge in [-0.1, -0.05) is 16.8 Å². The summed E-state index contributed by atoms with van der Waals surface area (Å²) in [5.74, 6) is 0.816. The van der Waals surface area contributed by atoms with Gasteiger partial charge in [-0.25, -0.2) is 19.9 Å². The van der Waals surface area contributed by atoms with Gasteiger partial charge in [0.15, 0.2) is 17.2 Å². The molecule has 3 aliphatic rings. The maximum Gasteiger partial charge on any atom is 0.308 e. The van der Waals surface area contributed by atoms with Gasteiger partial charge in [0.2, 0.25) is 0 Å². The van der Waals surface area contributed by atoms with Gasteiger partial charge in [-0.15, -0.1) is 0 Å². The van der Waals surface area contributed by atoms with Crippen LogP contribution in [0.25, 0.3) is 34.0 Å². The number of carboxylic acids is 1. The highest BCUT2D eigenvalue weighted by molar-refractivity contribution is 6.29. The molecule has 0 aromatic carbocycles. The van der Waals surface area contributed by atoms with Crippen LogP contribution in [0.1, 0.15) is 31.4 Å². The molecule has 184 valence electrons. The Balaban J connectivity index is 1.45. The zero-order chi connectivity index (χ0) is 24.8. The highest BCUT2D eigenvalue weighted by Crippen LogP contribution is 2.46. The van der Waals surface area contributed by atoms with Gasteiger partial charge in [0.25, 0.3) is 0 Å². The molecule has 0 aliphatic heterocycles. The van der Waals surface area contributed by atoms with Gasteiger partial charge in [-0.05, 0) is 49.7 Å². The zero-order valence-corrected chi connectivity index (χ0v) is 19.8. The molecule has 36 heavy (non-hydrogen) atoms. The second-order valence-corrected chi connectivity index (χ2v) is 9.70. The number of fused-ring (bicyclic) bond motifs is 4. The van der Waals surface area contributed by atoms with Crippen LogP contribution in [0.15, 0.2) is 40.2 Å². The molecule has 0 unspecified atom stereocenters. The number of nitrogens with one attached hydrogen (secondary N) is 2. The summed E-state index contributed by atoms with van der Waals surface area (Å²) in [6, 6.07) is 4.87. The third-order valence-electron chi connectivity index (χ3n) is 7.27. The third-order valence-corrected chi connectivity index (χ3v) is 7.45. The van der Waals surface area contributed by atoms with Crippen LogP contribution in [0.4, 0.5) is 5.82 Å². The normalized spacial score (nSPS) is 23.1. The molecule has 4 aromatic rings. The van der Waals surface area contributed by atoms with Gasteiger partial charge in [0.05, 0.1) is 17.7 Å². The molecule has 3 fully saturated rings. The molecular formula is C24H22ClN7O4. The number of aromatic nitrogens is 5. The Labute approximate surface area is 209 Å². The van der Waals surface area contributed by atoms with E-state index in [-0.39, 0.29) is 29.6 Å². The molecular weight excluding hydrogens is 486 g/mol. The topological polar surface area (TPSA) is 159 Å². The monoisotopic (exact) mass is 507 g/mol. The van der Waals surface area contributed by atoms with E-state index >= 15 is 0 Å². The molecule has 3 aliphatic carbocycles. The summed E-state index contributed by atoms with van der Waals surface area (Å²) in [6.45, 7) is -0.0922. The molecule has 11 nitrogen and oxygen atoms in total. The van der Waals surface area contributed by atoms with Crippen LogP contribution >= 0.6 is 11.6 Å². The van der Waals surface area contributed by atoms with Crippen molar-refractivity contribution in [3.63, 3.8) is 0 Å². The van der Waals surface area contributed by atoms with Crippen molar-refractivity contribution in [3.8, 4) is 22.8 Å². The van der Waals surface area contributed by atoms with E-state index in [4.69, 9.17) is 26.0 Å². The lowest BCUT2D eigenvalue weighted by atomic mass is 9.61. The number of carboxylic acid groups (broad SMARTS) is 1. The Morgan fingerprint density at radius 1 is 1.19 bits per heavy atom. The van der Waals surface area contributed by atoms with E-state index in [0.29, 0.717) is 45.6 Å². The number of hydrogen-bond acceptors (Lipinski definition) is 9. The Morgan fingerprint density at radius 2 is 2.00 bits per heavy atom. The first-order chi connectivity index (χ1) is 17.5. The number of anilines is 1. The summed E-state index contributed by atoms with van der Waals surface area (Å²) in [6.07, 6.45) is 7.02. The second kappa shape index (κ2) is 8.98. The summed E-state index contributed by atoms with van der Waals surface area (Å²) in [7, 11) is 0. The van der Waals surface area contributed by atoms with E-state index in [1.807, 2.05) is 0 Å². The SMILES string of the molecule is O=NCc1ccc(-c2cc(N[C@H]3C4CCC(CC4)[C@@H]3C(=O)O)nc(-c3c[nH]c4ncc(Cl)nc34)n2)o1. The predicted octanol–water partition coefficient (Wildman–Crippen LogP) is 4.90. The number of aromatic amines is 1. The number of carbonyl (C=O) groups is 1. The van der Waals surface area contributed by atoms with Gasteiger partial charge in [-0.3, -0.25) is 4.79 Å². The summed E-state index contributed by atoms with van der Waals surface area (Å²) in [5, 5.41) is 16.5. The minimum Gasteiger partial charge on any atom is -0.481 e. The lowest BCUT2D eigenvalue weighted by molar-refractivity contribution is -0.148. The number of nitroso groups, excluding NO2 is 1. The van der Waals surface area contributed by atoms with Crippen LogP contribution in [0.5, 0.6) is 0 Å². The molecule has 3 N–H and O–H groups in total. The van der Waals surface area contributed by atoms with Crippen molar-refractivity contribution in [1.82, 2.24) is 24.9 Å². The van der Waals surface area contributed by atoms with Crippen molar-refractivity contribution in [2.24, 2.45) is 22.9 Å². The first-order valence-corrected chi connectivity index (χ1v) is 12.1.